The van der Waals surface area contributed by atoms with Crippen LogP contribution in [0.15, 0.2) is 17.4 Å². The summed E-state index contributed by atoms with van der Waals surface area (Å²) < 4.78 is 4.47. The van der Waals surface area contributed by atoms with Gasteiger partial charge in [0.2, 0.25) is 0 Å². The van der Waals surface area contributed by atoms with Gasteiger partial charge in [-0.25, -0.2) is 14.8 Å². The van der Waals surface area contributed by atoms with Gasteiger partial charge in [0.1, 0.15) is 5.03 Å². The van der Waals surface area contributed by atoms with Crippen LogP contribution < -0.4 is 0 Å². The molecule has 0 aliphatic heterocycles. The summed E-state index contributed by atoms with van der Waals surface area (Å²) in [6.07, 6.45) is 2.83. The van der Waals surface area contributed by atoms with Crippen molar-refractivity contribution in [2.45, 2.75) is 11.4 Å². The first-order valence-electron chi connectivity index (χ1n) is 4.38. The van der Waals surface area contributed by atoms with Gasteiger partial charge in [-0.15, -0.1) is 11.8 Å². The lowest BCUT2D eigenvalue weighted by Crippen LogP contribution is -2.02. The van der Waals surface area contributed by atoms with Crippen LogP contribution in [0.2, 0.25) is 0 Å². The Kier molecular flexibility index (Phi) is 4.71. The van der Waals surface area contributed by atoms with Gasteiger partial charge >= 0.3 is 11.9 Å². The molecule has 0 aromatic carbocycles. The standard InChI is InChI=1S/C9H10N2O4S/c1-15-8(12)2-3-16-7-5-10-6(4-11-7)9(13)14/h4-5H,2-3H2,1H3,(H,13,14). The van der Waals surface area contributed by atoms with E-state index in [4.69, 9.17) is 5.11 Å². The molecular weight excluding hydrogens is 232 g/mol. The monoisotopic (exact) mass is 242 g/mol. The Balaban J connectivity index is 2.43. The summed E-state index contributed by atoms with van der Waals surface area (Å²) in [6, 6.07) is 0. The fraction of sp³-hybridized carbons (Fsp3) is 0.333. The first-order valence-corrected chi connectivity index (χ1v) is 5.37. The number of hydrogen-bond acceptors (Lipinski definition) is 6. The van der Waals surface area contributed by atoms with E-state index in [1.807, 2.05) is 0 Å². The molecule has 0 spiro atoms. The van der Waals surface area contributed by atoms with Gasteiger partial charge in [0.15, 0.2) is 5.69 Å². The Labute approximate surface area is 96.0 Å². The topological polar surface area (TPSA) is 89.4 Å². The molecule has 0 bridgehead atoms. The van der Waals surface area contributed by atoms with E-state index in [1.54, 1.807) is 0 Å². The lowest BCUT2D eigenvalue weighted by Gasteiger charge is -2.00. The van der Waals surface area contributed by atoms with Crippen molar-refractivity contribution in [1.29, 1.82) is 0 Å². The van der Waals surface area contributed by atoms with Crippen molar-refractivity contribution in [2.24, 2.45) is 0 Å². The van der Waals surface area contributed by atoms with Crippen LogP contribution in [0.3, 0.4) is 0 Å². The largest absolute Gasteiger partial charge is 0.476 e. The average Bonchev–Trinajstić information content (AvgIpc) is 2.29. The summed E-state index contributed by atoms with van der Waals surface area (Å²) in [6.45, 7) is 0. The van der Waals surface area contributed by atoms with Gasteiger partial charge in [0, 0.05) is 5.75 Å². The Morgan fingerprint density at radius 3 is 2.69 bits per heavy atom. The molecule has 1 N–H and O–H groups in total. The molecule has 1 aromatic rings. The number of carbonyl (C=O) groups excluding carboxylic acids is 1. The summed E-state index contributed by atoms with van der Waals surface area (Å²) in [4.78, 5) is 28.9. The van der Waals surface area contributed by atoms with Crippen molar-refractivity contribution in [3.05, 3.63) is 18.1 Å². The molecule has 0 aliphatic carbocycles. The number of methoxy groups -OCH3 is 1. The van der Waals surface area contributed by atoms with Crippen LogP contribution in [0.4, 0.5) is 0 Å². The van der Waals surface area contributed by atoms with E-state index >= 15 is 0 Å². The molecule has 0 saturated heterocycles. The van der Waals surface area contributed by atoms with Crippen LogP contribution in [-0.2, 0) is 9.53 Å². The van der Waals surface area contributed by atoms with Gasteiger partial charge in [-0.3, -0.25) is 4.79 Å². The number of thioether (sulfide) groups is 1. The third-order valence-electron chi connectivity index (χ3n) is 1.63. The second-order valence-corrected chi connectivity index (χ2v) is 3.83. The summed E-state index contributed by atoms with van der Waals surface area (Å²) in [5, 5.41) is 9.16. The van der Waals surface area contributed by atoms with Gasteiger partial charge in [-0.2, -0.15) is 0 Å². The van der Waals surface area contributed by atoms with Crippen molar-refractivity contribution in [2.75, 3.05) is 12.9 Å². The minimum Gasteiger partial charge on any atom is -0.476 e. The predicted molar refractivity (Wildman–Crippen MR) is 56.3 cm³/mol. The molecular formula is C9H10N2O4S. The van der Waals surface area contributed by atoms with Crippen LogP contribution in [0.25, 0.3) is 0 Å². The summed E-state index contributed by atoms with van der Waals surface area (Å²) in [5.41, 5.74) is -0.0997. The fourth-order valence-corrected chi connectivity index (χ4v) is 1.57. The van der Waals surface area contributed by atoms with Crippen molar-refractivity contribution >= 4 is 23.7 Å². The maximum absolute atomic E-state index is 10.8. The quantitative estimate of drug-likeness (QED) is 0.604. The smallest absolute Gasteiger partial charge is 0.356 e. The van der Waals surface area contributed by atoms with Crippen LogP contribution in [0.5, 0.6) is 0 Å². The first-order chi connectivity index (χ1) is 7.63. The van der Waals surface area contributed by atoms with Crippen molar-refractivity contribution in [3.63, 3.8) is 0 Å². The molecule has 0 unspecified atom stereocenters. The fourth-order valence-electron chi connectivity index (χ4n) is 0.842. The molecule has 86 valence electrons. The molecule has 7 heteroatoms. The Morgan fingerprint density at radius 2 is 2.19 bits per heavy atom. The van der Waals surface area contributed by atoms with Crippen molar-refractivity contribution in [1.82, 2.24) is 9.97 Å². The Bertz CT molecular complexity index is 380. The number of ether oxygens (including phenoxy) is 1. The van der Waals surface area contributed by atoms with Gasteiger partial charge in [0.25, 0.3) is 0 Å². The number of rotatable bonds is 5. The Morgan fingerprint density at radius 1 is 1.44 bits per heavy atom. The number of aromatic carboxylic acids is 1. The zero-order valence-corrected chi connectivity index (χ0v) is 9.36. The van der Waals surface area contributed by atoms with Gasteiger partial charge in [-0.1, -0.05) is 0 Å². The normalized spacial score (nSPS) is 9.81. The molecule has 0 saturated carbocycles. The van der Waals surface area contributed by atoms with Crippen LogP contribution in [0.1, 0.15) is 16.9 Å². The van der Waals surface area contributed by atoms with Crippen LogP contribution in [-0.4, -0.2) is 39.9 Å². The minimum absolute atomic E-state index is 0.0997. The number of carboxylic acid groups (broad SMARTS) is 1. The first kappa shape index (κ1) is 12.4. The maximum atomic E-state index is 10.8. The number of nitrogens with zero attached hydrogens (tertiary/aromatic N) is 2. The Hall–Kier alpha value is -1.63. The second kappa shape index (κ2) is 6.06. The third-order valence-corrected chi connectivity index (χ3v) is 2.55. The number of carbonyl (C=O) groups is 2. The molecule has 1 aromatic heterocycles. The molecule has 0 fully saturated rings. The highest BCUT2D eigenvalue weighted by atomic mass is 32.2. The highest BCUT2D eigenvalue weighted by Gasteiger charge is 2.06. The third kappa shape index (κ3) is 3.85. The van der Waals surface area contributed by atoms with E-state index in [2.05, 4.69) is 14.7 Å². The zero-order chi connectivity index (χ0) is 12.0. The summed E-state index contributed by atoms with van der Waals surface area (Å²) >= 11 is 1.32. The number of hydrogen-bond donors (Lipinski definition) is 1. The molecule has 1 heterocycles. The van der Waals surface area contributed by atoms with Gasteiger partial charge < -0.3 is 9.84 Å². The zero-order valence-electron chi connectivity index (χ0n) is 8.54. The molecule has 16 heavy (non-hydrogen) atoms. The lowest BCUT2D eigenvalue weighted by atomic mass is 10.5. The lowest BCUT2D eigenvalue weighted by molar-refractivity contribution is -0.140. The number of carboxylic acids is 1. The van der Waals surface area contributed by atoms with E-state index in [0.717, 1.165) is 0 Å². The van der Waals surface area contributed by atoms with E-state index in [-0.39, 0.29) is 18.1 Å². The second-order valence-electron chi connectivity index (χ2n) is 2.72. The highest BCUT2D eigenvalue weighted by molar-refractivity contribution is 7.99. The van der Waals surface area contributed by atoms with Crippen molar-refractivity contribution < 1.29 is 19.4 Å². The molecule has 0 aliphatic rings. The van der Waals surface area contributed by atoms with Gasteiger partial charge in [-0.05, 0) is 0 Å². The van der Waals surface area contributed by atoms with E-state index in [1.165, 1.54) is 31.3 Å². The predicted octanol–water partition coefficient (Wildman–Crippen LogP) is 0.830. The minimum atomic E-state index is -1.11. The van der Waals surface area contributed by atoms with Gasteiger partial charge in [0.05, 0.1) is 25.9 Å². The maximum Gasteiger partial charge on any atom is 0.356 e. The summed E-state index contributed by atoms with van der Waals surface area (Å²) in [5.74, 6) is -0.880. The summed E-state index contributed by atoms with van der Waals surface area (Å²) in [7, 11) is 1.33. The highest BCUT2D eigenvalue weighted by Crippen LogP contribution is 2.14. The molecule has 1 rings (SSSR count). The van der Waals surface area contributed by atoms with Crippen LogP contribution in [0, 0.1) is 0 Å². The van der Waals surface area contributed by atoms with E-state index in [0.29, 0.717) is 10.8 Å². The number of esters is 1. The molecule has 0 amide bonds. The molecule has 0 atom stereocenters. The molecule has 0 radical (unpaired) electrons. The van der Waals surface area contributed by atoms with E-state index < -0.39 is 5.97 Å². The van der Waals surface area contributed by atoms with Crippen molar-refractivity contribution in [3.8, 4) is 0 Å². The van der Waals surface area contributed by atoms with E-state index in [9.17, 15) is 9.59 Å². The number of aromatic nitrogens is 2. The molecule has 6 nitrogen and oxygen atoms in total. The van der Waals surface area contributed by atoms with Crippen LogP contribution >= 0.6 is 11.8 Å². The average molecular weight is 242 g/mol. The SMILES string of the molecule is COC(=O)CCSc1cnc(C(=O)O)cn1.